The molecule has 1 aromatic heterocycles. The van der Waals surface area contributed by atoms with Crippen LogP contribution in [0.2, 0.25) is 0 Å². The van der Waals surface area contributed by atoms with Gasteiger partial charge in [-0.05, 0) is 54.6 Å². The van der Waals surface area contributed by atoms with Crippen molar-refractivity contribution in [2.24, 2.45) is 0 Å². The molecule has 3 aromatic rings. The highest BCUT2D eigenvalue weighted by molar-refractivity contribution is 5.88. The Bertz CT molecular complexity index is 839. The first-order valence-corrected chi connectivity index (χ1v) is 6.82. The van der Waals surface area contributed by atoms with Crippen LogP contribution in [0.1, 0.15) is 10.5 Å². The average molecular weight is 312 g/mol. The number of aromatic nitrogens is 2. The zero-order valence-electron chi connectivity index (χ0n) is 12.2. The second-order valence-corrected chi connectivity index (χ2v) is 4.84. The molecule has 0 aliphatic heterocycles. The minimum Gasteiger partial charge on any atom is -0.497 e. The first-order valence-electron chi connectivity index (χ1n) is 6.82. The molecule has 0 spiro atoms. The van der Waals surface area contributed by atoms with Gasteiger partial charge in [-0.3, -0.25) is 0 Å². The van der Waals surface area contributed by atoms with E-state index >= 15 is 0 Å². The number of benzene rings is 2. The number of carboxylic acid groups (broad SMARTS) is 1. The van der Waals surface area contributed by atoms with Gasteiger partial charge in [-0.1, -0.05) is 0 Å². The first kappa shape index (κ1) is 14.8. The number of ether oxygens (including phenoxy) is 1. The molecule has 6 heteroatoms. The largest absolute Gasteiger partial charge is 0.497 e. The van der Waals surface area contributed by atoms with Crippen LogP contribution < -0.4 is 4.74 Å². The molecule has 116 valence electrons. The van der Waals surface area contributed by atoms with Crippen molar-refractivity contribution in [1.82, 2.24) is 9.78 Å². The molecule has 0 unspecified atom stereocenters. The maximum Gasteiger partial charge on any atom is 0.354 e. The van der Waals surface area contributed by atoms with E-state index in [0.29, 0.717) is 17.1 Å². The normalized spacial score (nSPS) is 10.5. The number of halogens is 1. The molecule has 1 N–H and O–H groups in total. The van der Waals surface area contributed by atoms with Crippen LogP contribution in [0.5, 0.6) is 5.75 Å². The number of hydrogen-bond donors (Lipinski definition) is 1. The molecule has 0 radical (unpaired) electrons. The Labute approximate surface area is 131 Å². The zero-order valence-corrected chi connectivity index (χ0v) is 12.2. The second kappa shape index (κ2) is 5.92. The van der Waals surface area contributed by atoms with Crippen molar-refractivity contribution in [2.45, 2.75) is 0 Å². The van der Waals surface area contributed by atoms with Crippen LogP contribution in [0.3, 0.4) is 0 Å². The summed E-state index contributed by atoms with van der Waals surface area (Å²) in [6.07, 6.45) is 0. The number of methoxy groups -OCH3 is 1. The molecule has 0 fully saturated rings. The summed E-state index contributed by atoms with van der Waals surface area (Å²) in [5.74, 6) is -0.806. The fourth-order valence-corrected chi connectivity index (χ4v) is 2.22. The maximum absolute atomic E-state index is 13.0. The van der Waals surface area contributed by atoms with Gasteiger partial charge in [0.1, 0.15) is 11.6 Å². The third-order valence-corrected chi connectivity index (χ3v) is 3.39. The molecule has 0 saturated carbocycles. The van der Waals surface area contributed by atoms with Crippen LogP contribution in [0, 0.1) is 5.82 Å². The van der Waals surface area contributed by atoms with E-state index in [2.05, 4.69) is 5.10 Å². The standard InChI is InChI=1S/C17H13FN2O3/c1-23-14-8-2-11(3-9-14)15-10-16(17(21)22)20(19-15)13-6-4-12(18)5-7-13/h2-10H,1H3,(H,21,22). The monoisotopic (exact) mass is 312 g/mol. The molecule has 1 heterocycles. The molecule has 0 bridgehead atoms. The third kappa shape index (κ3) is 2.91. The highest BCUT2D eigenvalue weighted by Gasteiger charge is 2.16. The van der Waals surface area contributed by atoms with E-state index in [1.54, 1.807) is 31.4 Å². The molecular formula is C17H13FN2O3. The molecule has 0 amide bonds. The Hall–Kier alpha value is -3.15. The van der Waals surface area contributed by atoms with Crippen LogP contribution in [-0.2, 0) is 0 Å². The van der Waals surface area contributed by atoms with Crippen LogP contribution in [0.4, 0.5) is 4.39 Å². The lowest BCUT2D eigenvalue weighted by Crippen LogP contribution is -2.07. The van der Waals surface area contributed by atoms with E-state index < -0.39 is 11.8 Å². The van der Waals surface area contributed by atoms with Gasteiger partial charge in [0.05, 0.1) is 18.5 Å². The van der Waals surface area contributed by atoms with Gasteiger partial charge >= 0.3 is 5.97 Å². The molecule has 5 nitrogen and oxygen atoms in total. The lowest BCUT2D eigenvalue weighted by atomic mass is 10.1. The minimum atomic E-state index is -1.11. The summed E-state index contributed by atoms with van der Waals surface area (Å²) >= 11 is 0. The van der Waals surface area contributed by atoms with Crippen molar-refractivity contribution in [3.8, 4) is 22.7 Å². The number of nitrogens with zero attached hydrogens (tertiary/aromatic N) is 2. The Morgan fingerprint density at radius 3 is 2.35 bits per heavy atom. The summed E-state index contributed by atoms with van der Waals surface area (Å²) in [7, 11) is 1.57. The number of hydrogen-bond acceptors (Lipinski definition) is 3. The van der Waals surface area contributed by atoms with Crippen molar-refractivity contribution < 1.29 is 19.0 Å². The summed E-state index contributed by atoms with van der Waals surface area (Å²) in [5.41, 5.74) is 1.74. The zero-order chi connectivity index (χ0) is 16.4. The Kier molecular flexibility index (Phi) is 3.80. The highest BCUT2D eigenvalue weighted by atomic mass is 19.1. The van der Waals surface area contributed by atoms with Crippen molar-refractivity contribution in [3.05, 3.63) is 66.1 Å². The van der Waals surface area contributed by atoms with E-state index in [-0.39, 0.29) is 5.69 Å². The molecule has 2 aromatic carbocycles. The van der Waals surface area contributed by atoms with Gasteiger partial charge in [0, 0.05) is 5.56 Å². The number of carboxylic acids is 1. The van der Waals surface area contributed by atoms with E-state index in [1.165, 1.54) is 35.0 Å². The van der Waals surface area contributed by atoms with Crippen molar-refractivity contribution in [3.63, 3.8) is 0 Å². The van der Waals surface area contributed by atoms with E-state index in [9.17, 15) is 14.3 Å². The van der Waals surface area contributed by atoms with Crippen molar-refractivity contribution in [2.75, 3.05) is 7.11 Å². The Morgan fingerprint density at radius 2 is 1.78 bits per heavy atom. The van der Waals surface area contributed by atoms with Crippen LogP contribution in [0.25, 0.3) is 16.9 Å². The smallest absolute Gasteiger partial charge is 0.354 e. The molecule has 3 rings (SSSR count). The van der Waals surface area contributed by atoms with E-state index in [4.69, 9.17) is 4.74 Å². The summed E-state index contributed by atoms with van der Waals surface area (Å²) in [6, 6.07) is 14.1. The topological polar surface area (TPSA) is 64.3 Å². The molecule has 0 saturated heterocycles. The first-order chi connectivity index (χ1) is 11.1. The average Bonchev–Trinajstić information content (AvgIpc) is 3.01. The Morgan fingerprint density at radius 1 is 1.13 bits per heavy atom. The van der Waals surface area contributed by atoms with Gasteiger partial charge in [-0.25, -0.2) is 13.9 Å². The fourth-order valence-electron chi connectivity index (χ4n) is 2.22. The molecule has 0 aliphatic rings. The van der Waals surface area contributed by atoms with Gasteiger partial charge in [-0.15, -0.1) is 0 Å². The third-order valence-electron chi connectivity index (χ3n) is 3.39. The quantitative estimate of drug-likeness (QED) is 0.802. The fraction of sp³-hybridized carbons (Fsp3) is 0.0588. The summed E-state index contributed by atoms with van der Waals surface area (Å²) in [4.78, 5) is 11.5. The number of rotatable bonds is 4. The van der Waals surface area contributed by atoms with Crippen molar-refractivity contribution in [1.29, 1.82) is 0 Å². The van der Waals surface area contributed by atoms with E-state index in [0.717, 1.165) is 5.56 Å². The van der Waals surface area contributed by atoms with Crippen molar-refractivity contribution >= 4 is 5.97 Å². The molecule has 23 heavy (non-hydrogen) atoms. The minimum absolute atomic E-state index is 0.00225. The van der Waals surface area contributed by atoms with Crippen LogP contribution in [0.15, 0.2) is 54.6 Å². The Balaban J connectivity index is 2.07. The lowest BCUT2D eigenvalue weighted by molar-refractivity contribution is 0.0687. The number of carbonyl (C=O) groups is 1. The molecule has 0 aliphatic carbocycles. The highest BCUT2D eigenvalue weighted by Crippen LogP contribution is 2.24. The summed E-state index contributed by atoms with van der Waals surface area (Å²) in [6.45, 7) is 0. The lowest BCUT2D eigenvalue weighted by Gasteiger charge is -2.04. The predicted molar refractivity (Wildman–Crippen MR) is 82.5 cm³/mol. The second-order valence-electron chi connectivity index (χ2n) is 4.84. The van der Waals surface area contributed by atoms with Gasteiger partial charge in [0.25, 0.3) is 0 Å². The van der Waals surface area contributed by atoms with Gasteiger partial charge in [-0.2, -0.15) is 5.10 Å². The van der Waals surface area contributed by atoms with Gasteiger partial charge < -0.3 is 9.84 Å². The maximum atomic E-state index is 13.0. The van der Waals surface area contributed by atoms with Crippen LogP contribution >= 0.6 is 0 Å². The summed E-state index contributed by atoms with van der Waals surface area (Å²) < 4.78 is 19.4. The van der Waals surface area contributed by atoms with Crippen LogP contribution in [-0.4, -0.2) is 28.0 Å². The van der Waals surface area contributed by atoms with Gasteiger partial charge in [0.15, 0.2) is 5.69 Å². The number of aromatic carboxylic acids is 1. The predicted octanol–water partition coefficient (Wildman–Crippen LogP) is 3.39. The SMILES string of the molecule is COc1ccc(-c2cc(C(=O)O)n(-c3ccc(F)cc3)n2)cc1. The van der Waals surface area contributed by atoms with E-state index in [1.807, 2.05) is 0 Å². The van der Waals surface area contributed by atoms with Gasteiger partial charge in [0.2, 0.25) is 0 Å². The summed E-state index contributed by atoms with van der Waals surface area (Å²) in [5, 5.41) is 13.7. The molecule has 0 atom stereocenters. The molecular weight excluding hydrogens is 299 g/mol.